The van der Waals surface area contributed by atoms with E-state index in [1.54, 1.807) is 5.56 Å². The normalized spacial score (nSPS) is 26.1. The molecule has 0 aliphatic heterocycles. The van der Waals surface area contributed by atoms with Crippen molar-refractivity contribution in [3.63, 3.8) is 0 Å². The molecule has 0 aromatic heterocycles. The van der Waals surface area contributed by atoms with E-state index >= 15 is 0 Å². The van der Waals surface area contributed by atoms with E-state index in [0.717, 1.165) is 23.7 Å². The average molecular weight is 272 g/mol. The molecule has 0 radical (unpaired) electrons. The molecule has 0 amide bonds. The van der Waals surface area contributed by atoms with Crippen molar-refractivity contribution in [2.45, 2.75) is 71.6 Å². The first-order valence-electron chi connectivity index (χ1n) is 8.75. The first-order valence-corrected chi connectivity index (χ1v) is 8.75. The van der Waals surface area contributed by atoms with Crippen LogP contribution >= 0.6 is 0 Å². The van der Waals surface area contributed by atoms with E-state index in [0.29, 0.717) is 0 Å². The van der Waals surface area contributed by atoms with Crippen LogP contribution in [0.1, 0.15) is 77.2 Å². The second kappa shape index (κ2) is 7.86. The lowest BCUT2D eigenvalue weighted by Gasteiger charge is -2.29. The van der Waals surface area contributed by atoms with Crippen molar-refractivity contribution in [3.8, 4) is 0 Å². The SMILES string of the molecule is CCC(c1ccccc1)C(C)CCC1CCC(C)CC1. The van der Waals surface area contributed by atoms with Gasteiger partial charge in [0.25, 0.3) is 0 Å². The molecule has 0 N–H and O–H groups in total. The summed E-state index contributed by atoms with van der Waals surface area (Å²) in [5.74, 6) is 3.57. The van der Waals surface area contributed by atoms with Gasteiger partial charge in [-0.1, -0.05) is 83.2 Å². The zero-order valence-corrected chi connectivity index (χ0v) is 13.6. The molecule has 2 unspecified atom stereocenters. The molecule has 1 aliphatic carbocycles. The summed E-state index contributed by atoms with van der Waals surface area (Å²) in [5.41, 5.74) is 1.54. The Hall–Kier alpha value is -0.780. The summed E-state index contributed by atoms with van der Waals surface area (Å²) in [6.45, 7) is 7.23. The minimum absolute atomic E-state index is 0.749. The van der Waals surface area contributed by atoms with Crippen LogP contribution in [0.3, 0.4) is 0 Å². The van der Waals surface area contributed by atoms with Crippen molar-refractivity contribution in [1.82, 2.24) is 0 Å². The molecule has 0 nitrogen and oxygen atoms in total. The fourth-order valence-corrected chi connectivity index (χ4v) is 3.98. The maximum absolute atomic E-state index is 2.46. The van der Waals surface area contributed by atoms with Crippen molar-refractivity contribution in [3.05, 3.63) is 35.9 Å². The molecule has 20 heavy (non-hydrogen) atoms. The zero-order chi connectivity index (χ0) is 14.4. The van der Waals surface area contributed by atoms with Gasteiger partial charge in [-0.25, -0.2) is 0 Å². The third-order valence-corrected chi connectivity index (χ3v) is 5.52. The lowest BCUT2D eigenvalue weighted by atomic mass is 9.77. The predicted octanol–water partition coefficient (Wildman–Crippen LogP) is 6.42. The van der Waals surface area contributed by atoms with Crippen molar-refractivity contribution >= 4 is 0 Å². The average Bonchev–Trinajstić information content (AvgIpc) is 2.48. The highest BCUT2D eigenvalue weighted by molar-refractivity contribution is 5.19. The molecular formula is C20H32. The third-order valence-electron chi connectivity index (χ3n) is 5.52. The molecular weight excluding hydrogens is 240 g/mol. The van der Waals surface area contributed by atoms with Crippen LogP contribution in [0.4, 0.5) is 0 Å². The summed E-state index contributed by atoms with van der Waals surface area (Å²) in [5, 5.41) is 0. The van der Waals surface area contributed by atoms with E-state index < -0.39 is 0 Å². The largest absolute Gasteiger partial charge is 0.0648 e. The fourth-order valence-electron chi connectivity index (χ4n) is 3.98. The molecule has 0 heterocycles. The van der Waals surface area contributed by atoms with Gasteiger partial charge < -0.3 is 0 Å². The van der Waals surface area contributed by atoms with Gasteiger partial charge in [0, 0.05) is 0 Å². The van der Waals surface area contributed by atoms with Crippen LogP contribution in [0.15, 0.2) is 30.3 Å². The fraction of sp³-hybridized carbons (Fsp3) is 0.700. The van der Waals surface area contributed by atoms with Crippen LogP contribution in [-0.4, -0.2) is 0 Å². The Kier molecular flexibility index (Phi) is 6.13. The molecule has 0 spiro atoms. The summed E-state index contributed by atoms with van der Waals surface area (Å²) >= 11 is 0. The highest BCUT2D eigenvalue weighted by atomic mass is 14.3. The summed E-state index contributed by atoms with van der Waals surface area (Å²) in [6.07, 6.45) is 10.0. The van der Waals surface area contributed by atoms with Crippen LogP contribution in [0.25, 0.3) is 0 Å². The van der Waals surface area contributed by atoms with Crippen LogP contribution in [-0.2, 0) is 0 Å². The minimum atomic E-state index is 0.749. The molecule has 1 aromatic carbocycles. The Morgan fingerprint density at radius 2 is 1.70 bits per heavy atom. The Balaban J connectivity index is 1.82. The molecule has 0 bridgehead atoms. The van der Waals surface area contributed by atoms with E-state index in [2.05, 4.69) is 51.1 Å². The molecule has 0 heteroatoms. The molecule has 1 aromatic rings. The number of benzene rings is 1. The van der Waals surface area contributed by atoms with Crippen molar-refractivity contribution < 1.29 is 0 Å². The van der Waals surface area contributed by atoms with Crippen LogP contribution in [0, 0.1) is 17.8 Å². The molecule has 1 fully saturated rings. The summed E-state index contributed by atoms with van der Waals surface area (Å²) in [6, 6.07) is 11.1. The lowest BCUT2D eigenvalue weighted by molar-refractivity contribution is 0.255. The summed E-state index contributed by atoms with van der Waals surface area (Å²) in [7, 11) is 0. The van der Waals surface area contributed by atoms with Gasteiger partial charge in [0.15, 0.2) is 0 Å². The molecule has 0 saturated heterocycles. The van der Waals surface area contributed by atoms with E-state index in [9.17, 15) is 0 Å². The van der Waals surface area contributed by atoms with E-state index in [-0.39, 0.29) is 0 Å². The van der Waals surface area contributed by atoms with Crippen LogP contribution in [0.2, 0.25) is 0 Å². The van der Waals surface area contributed by atoms with Gasteiger partial charge in [0.1, 0.15) is 0 Å². The van der Waals surface area contributed by atoms with Gasteiger partial charge in [0.2, 0.25) is 0 Å². The maximum Gasteiger partial charge on any atom is -0.0139 e. The van der Waals surface area contributed by atoms with Crippen LogP contribution < -0.4 is 0 Å². The van der Waals surface area contributed by atoms with Gasteiger partial charge in [-0.2, -0.15) is 0 Å². The Labute approximate surface area is 126 Å². The predicted molar refractivity (Wildman–Crippen MR) is 89.0 cm³/mol. The Morgan fingerprint density at radius 1 is 1.05 bits per heavy atom. The number of hydrogen-bond acceptors (Lipinski definition) is 0. The van der Waals surface area contributed by atoms with Gasteiger partial charge >= 0.3 is 0 Å². The standard InChI is InChI=1S/C20H32/c1-4-20(19-8-6-5-7-9-19)17(3)12-15-18-13-10-16(2)11-14-18/h5-9,16-18,20H,4,10-15H2,1-3H3. The second-order valence-electron chi connectivity index (χ2n) is 7.11. The van der Waals surface area contributed by atoms with E-state index in [4.69, 9.17) is 0 Å². The van der Waals surface area contributed by atoms with Crippen LogP contribution in [0.5, 0.6) is 0 Å². The monoisotopic (exact) mass is 272 g/mol. The van der Waals surface area contributed by atoms with Gasteiger partial charge in [0.05, 0.1) is 0 Å². The lowest BCUT2D eigenvalue weighted by Crippen LogP contribution is -2.15. The number of hydrogen-bond donors (Lipinski definition) is 0. The van der Waals surface area contributed by atoms with Gasteiger partial charge in [-0.15, -0.1) is 0 Å². The smallest absolute Gasteiger partial charge is 0.0139 e. The molecule has 2 rings (SSSR count). The van der Waals surface area contributed by atoms with Crippen molar-refractivity contribution in [2.75, 3.05) is 0 Å². The topological polar surface area (TPSA) is 0 Å². The van der Waals surface area contributed by atoms with Crippen molar-refractivity contribution in [2.24, 2.45) is 17.8 Å². The second-order valence-corrected chi connectivity index (χ2v) is 7.11. The zero-order valence-electron chi connectivity index (χ0n) is 13.6. The highest BCUT2D eigenvalue weighted by Crippen LogP contribution is 2.35. The molecule has 1 aliphatic rings. The summed E-state index contributed by atoms with van der Waals surface area (Å²) in [4.78, 5) is 0. The van der Waals surface area contributed by atoms with E-state index in [1.807, 2.05) is 0 Å². The first-order chi connectivity index (χ1) is 9.70. The third kappa shape index (κ3) is 4.36. The number of rotatable bonds is 6. The van der Waals surface area contributed by atoms with Gasteiger partial charge in [-0.05, 0) is 42.1 Å². The Morgan fingerprint density at radius 3 is 2.30 bits per heavy atom. The van der Waals surface area contributed by atoms with Crippen molar-refractivity contribution in [1.29, 1.82) is 0 Å². The summed E-state index contributed by atoms with van der Waals surface area (Å²) < 4.78 is 0. The Bertz CT molecular complexity index is 359. The molecule has 1 saturated carbocycles. The van der Waals surface area contributed by atoms with Gasteiger partial charge in [-0.3, -0.25) is 0 Å². The minimum Gasteiger partial charge on any atom is -0.0648 e. The quantitative estimate of drug-likeness (QED) is 0.560. The highest BCUT2D eigenvalue weighted by Gasteiger charge is 2.21. The molecule has 112 valence electrons. The van der Waals surface area contributed by atoms with E-state index in [1.165, 1.54) is 44.9 Å². The maximum atomic E-state index is 2.46. The first kappa shape index (κ1) is 15.6. The molecule has 2 atom stereocenters.